The number of aryl methyl sites for hydroxylation is 1. The van der Waals surface area contributed by atoms with Gasteiger partial charge >= 0.3 is 0 Å². The molecule has 0 fully saturated rings. The maximum atomic E-state index is 13.0. The van der Waals surface area contributed by atoms with Gasteiger partial charge in [0, 0.05) is 23.1 Å². The van der Waals surface area contributed by atoms with Crippen LogP contribution in [0.2, 0.25) is 0 Å². The Hall–Kier alpha value is -2.88. The van der Waals surface area contributed by atoms with Crippen molar-refractivity contribution in [3.05, 3.63) is 64.8 Å². The van der Waals surface area contributed by atoms with E-state index in [-0.39, 0.29) is 12.3 Å². The largest absolute Gasteiger partial charge is 0.497 e. The van der Waals surface area contributed by atoms with Crippen LogP contribution in [-0.2, 0) is 11.2 Å². The minimum absolute atomic E-state index is 0.0974. The Morgan fingerprint density at radius 3 is 2.46 bits per heavy atom. The fraction of sp³-hybridized carbons (Fsp3) is 0.200. The second-order valence-corrected chi connectivity index (χ2v) is 5.82. The number of benzene rings is 2. The molecule has 2 aromatic carbocycles. The SMILES string of the molecule is COc1ccc2c(c1)c(CC=O)c(C)n2C(=O)c1ccc(C)cc1. The van der Waals surface area contributed by atoms with Gasteiger partial charge in [-0.05, 0) is 49.7 Å². The lowest BCUT2D eigenvalue weighted by Crippen LogP contribution is -2.13. The van der Waals surface area contributed by atoms with Gasteiger partial charge < -0.3 is 9.53 Å². The van der Waals surface area contributed by atoms with E-state index >= 15 is 0 Å². The average Bonchev–Trinajstić information content (AvgIpc) is 2.86. The molecule has 0 unspecified atom stereocenters. The fourth-order valence-electron chi connectivity index (χ4n) is 3.02. The number of aromatic nitrogens is 1. The van der Waals surface area contributed by atoms with E-state index in [2.05, 4.69) is 0 Å². The van der Waals surface area contributed by atoms with Crippen LogP contribution >= 0.6 is 0 Å². The van der Waals surface area contributed by atoms with Gasteiger partial charge in [-0.2, -0.15) is 0 Å². The Labute approximate surface area is 140 Å². The number of nitrogens with zero attached hydrogens (tertiary/aromatic N) is 1. The van der Waals surface area contributed by atoms with Crippen molar-refractivity contribution in [2.24, 2.45) is 0 Å². The highest BCUT2D eigenvalue weighted by molar-refractivity contribution is 6.04. The number of rotatable bonds is 4. The van der Waals surface area contributed by atoms with Gasteiger partial charge in [0.25, 0.3) is 5.91 Å². The molecule has 1 aromatic heterocycles. The zero-order valence-electron chi connectivity index (χ0n) is 14.0. The van der Waals surface area contributed by atoms with Gasteiger partial charge in [0.15, 0.2) is 0 Å². The summed E-state index contributed by atoms with van der Waals surface area (Å²) in [6.45, 7) is 3.86. The van der Waals surface area contributed by atoms with Crippen molar-refractivity contribution in [3.8, 4) is 5.75 Å². The first-order valence-electron chi connectivity index (χ1n) is 7.79. The van der Waals surface area contributed by atoms with Crippen LogP contribution in [0.5, 0.6) is 5.75 Å². The summed E-state index contributed by atoms with van der Waals surface area (Å²) >= 11 is 0. The number of aldehydes is 1. The minimum atomic E-state index is -0.0974. The molecule has 3 aromatic rings. The Morgan fingerprint density at radius 2 is 1.83 bits per heavy atom. The summed E-state index contributed by atoms with van der Waals surface area (Å²) in [5.74, 6) is 0.606. The Bertz CT molecular complexity index is 920. The van der Waals surface area contributed by atoms with Gasteiger partial charge in [-0.1, -0.05) is 17.7 Å². The van der Waals surface area contributed by atoms with Gasteiger partial charge in [0.05, 0.1) is 12.6 Å². The molecular weight excluding hydrogens is 302 g/mol. The Balaban J connectivity index is 2.23. The van der Waals surface area contributed by atoms with Crippen LogP contribution in [0.3, 0.4) is 0 Å². The molecule has 3 rings (SSSR count). The lowest BCUT2D eigenvalue weighted by Gasteiger charge is -2.08. The normalized spacial score (nSPS) is 10.8. The van der Waals surface area contributed by atoms with Crippen molar-refractivity contribution in [1.29, 1.82) is 0 Å². The molecule has 0 saturated carbocycles. The van der Waals surface area contributed by atoms with Crippen LogP contribution < -0.4 is 4.74 Å². The summed E-state index contributed by atoms with van der Waals surface area (Å²) in [5, 5.41) is 0.874. The molecule has 122 valence electrons. The molecule has 4 heteroatoms. The zero-order chi connectivity index (χ0) is 17.3. The highest BCUT2D eigenvalue weighted by Gasteiger charge is 2.20. The molecule has 0 atom stereocenters. The van der Waals surface area contributed by atoms with Crippen molar-refractivity contribution < 1.29 is 14.3 Å². The predicted molar refractivity (Wildman–Crippen MR) is 93.9 cm³/mol. The molecule has 0 radical (unpaired) electrons. The molecule has 24 heavy (non-hydrogen) atoms. The van der Waals surface area contributed by atoms with Crippen LogP contribution in [0.1, 0.15) is 27.2 Å². The van der Waals surface area contributed by atoms with E-state index in [1.165, 1.54) is 0 Å². The molecule has 0 N–H and O–H groups in total. The molecule has 0 saturated heterocycles. The lowest BCUT2D eigenvalue weighted by atomic mass is 10.1. The number of fused-ring (bicyclic) bond motifs is 1. The molecule has 0 aliphatic heterocycles. The summed E-state index contributed by atoms with van der Waals surface area (Å²) in [6.07, 6.45) is 1.13. The molecule has 1 heterocycles. The van der Waals surface area contributed by atoms with E-state index in [0.29, 0.717) is 11.3 Å². The monoisotopic (exact) mass is 321 g/mol. The second-order valence-electron chi connectivity index (χ2n) is 5.82. The quantitative estimate of drug-likeness (QED) is 0.689. The molecular formula is C20H19NO3. The number of hydrogen-bond donors (Lipinski definition) is 0. The van der Waals surface area contributed by atoms with Crippen LogP contribution in [0.4, 0.5) is 0 Å². The standard InChI is InChI=1S/C20H19NO3/c1-13-4-6-15(7-5-13)20(23)21-14(2)17(10-11-22)18-12-16(24-3)8-9-19(18)21/h4-9,11-12H,10H2,1-3H3. The van der Waals surface area contributed by atoms with Crippen molar-refractivity contribution in [2.75, 3.05) is 7.11 Å². The molecule has 0 bridgehead atoms. The van der Waals surface area contributed by atoms with Crippen molar-refractivity contribution in [3.63, 3.8) is 0 Å². The number of hydrogen-bond acceptors (Lipinski definition) is 3. The third-order valence-electron chi connectivity index (χ3n) is 4.33. The summed E-state index contributed by atoms with van der Waals surface area (Å²) in [4.78, 5) is 24.1. The van der Waals surface area contributed by atoms with Crippen LogP contribution in [0, 0.1) is 13.8 Å². The molecule has 0 aliphatic carbocycles. The number of carbonyl (C=O) groups is 2. The van der Waals surface area contributed by atoms with Crippen LogP contribution in [0.25, 0.3) is 10.9 Å². The Kier molecular flexibility index (Phi) is 4.21. The number of methoxy groups -OCH3 is 1. The van der Waals surface area contributed by atoms with Gasteiger partial charge in [0.1, 0.15) is 12.0 Å². The predicted octanol–water partition coefficient (Wildman–Crippen LogP) is 3.70. The summed E-state index contributed by atoms with van der Waals surface area (Å²) < 4.78 is 6.96. The number of carbonyl (C=O) groups excluding carboxylic acids is 2. The van der Waals surface area contributed by atoms with Crippen molar-refractivity contribution >= 4 is 23.1 Å². The van der Waals surface area contributed by atoms with Crippen molar-refractivity contribution in [1.82, 2.24) is 4.57 Å². The van der Waals surface area contributed by atoms with E-state index in [1.54, 1.807) is 11.7 Å². The smallest absolute Gasteiger partial charge is 0.262 e. The third kappa shape index (κ3) is 2.60. The van der Waals surface area contributed by atoms with E-state index in [0.717, 1.165) is 34.0 Å². The molecule has 0 amide bonds. The van der Waals surface area contributed by atoms with Gasteiger partial charge in [-0.3, -0.25) is 9.36 Å². The van der Waals surface area contributed by atoms with Crippen molar-refractivity contribution in [2.45, 2.75) is 20.3 Å². The topological polar surface area (TPSA) is 48.3 Å². The first-order chi connectivity index (χ1) is 11.6. The molecule has 4 nitrogen and oxygen atoms in total. The van der Waals surface area contributed by atoms with Crippen LogP contribution in [-0.4, -0.2) is 23.9 Å². The van der Waals surface area contributed by atoms with E-state index < -0.39 is 0 Å². The average molecular weight is 321 g/mol. The van der Waals surface area contributed by atoms with Crippen LogP contribution in [0.15, 0.2) is 42.5 Å². The summed E-state index contributed by atoms with van der Waals surface area (Å²) in [5.41, 5.74) is 4.16. The van der Waals surface area contributed by atoms with Gasteiger partial charge in [-0.15, -0.1) is 0 Å². The molecule has 0 aliphatic rings. The highest BCUT2D eigenvalue weighted by Crippen LogP contribution is 2.30. The Morgan fingerprint density at radius 1 is 1.12 bits per heavy atom. The van der Waals surface area contributed by atoms with E-state index in [9.17, 15) is 9.59 Å². The highest BCUT2D eigenvalue weighted by atomic mass is 16.5. The minimum Gasteiger partial charge on any atom is -0.497 e. The summed E-state index contributed by atoms with van der Waals surface area (Å²) in [6, 6.07) is 13.1. The third-order valence-corrected chi connectivity index (χ3v) is 4.33. The first-order valence-corrected chi connectivity index (χ1v) is 7.79. The van der Waals surface area contributed by atoms with E-state index in [4.69, 9.17) is 4.74 Å². The zero-order valence-corrected chi connectivity index (χ0v) is 14.0. The maximum Gasteiger partial charge on any atom is 0.262 e. The van der Waals surface area contributed by atoms with Gasteiger partial charge in [0.2, 0.25) is 0 Å². The fourth-order valence-corrected chi connectivity index (χ4v) is 3.02. The van der Waals surface area contributed by atoms with Gasteiger partial charge in [-0.25, -0.2) is 0 Å². The molecule has 0 spiro atoms. The second kappa shape index (κ2) is 6.32. The van der Waals surface area contributed by atoms with E-state index in [1.807, 2.05) is 56.3 Å². The lowest BCUT2D eigenvalue weighted by molar-refractivity contribution is -0.107. The number of ether oxygens (including phenoxy) is 1. The summed E-state index contributed by atoms with van der Waals surface area (Å²) in [7, 11) is 1.60. The maximum absolute atomic E-state index is 13.0. The first kappa shape index (κ1) is 16.0.